The maximum atomic E-state index is 13.9. The van der Waals surface area contributed by atoms with Crippen molar-refractivity contribution in [2.24, 2.45) is 11.8 Å². The van der Waals surface area contributed by atoms with Gasteiger partial charge in [-0.3, -0.25) is 9.59 Å². The fourth-order valence-corrected chi connectivity index (χ4v) is 8.02. The highest BCUT2D eigenvalue weighted by Gasteiger charge is 2.41. The fraction of sp³-hybridized carbons (Fsp3) is 0.261. The minimum absolute atomic E-state index is 0.0155. The van der Waals surface area contributed by atoms with E-state index in [1.165, 1.54) is 26.0 Å². The van der Waals surface area contributed by atoms with Crippen LogP contribution in [0.3, 0.4) is 0 Å². The highest BCUT2D eigenvalue weighted by Crippen LogP contribution is 2.54. The van der Waals surface area contributed by atoms with Crippen molar-refractivity contribution in [3.05, 3.63) is 128 Å². The molecule has 0 radical (unpaired) electrons. The van der Waals surface area contributed by atoms with Crippen LogP contribution >= 0.6 is 0 Å². The molecule has 6 rings (SSSR count). The number of benzene rings is 4. The van der Waals surface area contributed by atoms with Gasteiger partial charge in [0.25, 0.3) is 0 Å². The second-order valence-electron chi connectivity index (χ2n) is 16.2. The van der Waals surface area contributed by atoms with Gasteiger partial charge in [-0.1, -0.05) is 39.8 Å². The van der Waals surface area contributed by atoms with E-state index >= 15 is 0 Å². The van der Waals surface area contributed by atoms with Crippen LogP contribution < -0.4 is 10.6 Å². The lowest BCUT2D eigenvalue weighted by atomic mass is 9.75. The topological polar surface area (TPSA) is 139 Å². The van der Waals surface area contributed by atoms with Gasteiger partial charge in [-0.15, -0.1) is 0 Å². The number of anilines is 2. The minimum atomic E-state index is -5.25. The summed E-state index contributed by atoms with van der Waals surface area (Å²) in [5.74, 6) is -7.18. The number of halogens is 12. The van der Waals surface area contributed by atoms with Crippen molar-refractivity contribution in [1.29, 1.82) is 0 Å². The summed E-state index contributed by atoms with van der Waals surface area (Å²) in [7, 11) is 0. The molecule has 0 unspecified atom stereocenters. The van der Waals surface area contributed by atoms with Crippen LogP contribution in [0.2, 0.25) is 0 Å². The van der Waals surface area contributed by atoms with E-state index in [2.05, 4.69) is 10.6 Å². The lowest BCUT2D eigenvalue weighted by Crippen LogP contribution is -2.20. The van der Waals surface area contributed by atoms with E-state index in [0.29, 0.717) is 36.7 Å². The Kier molecular flexibility index (Phi) is 12.2. The number of allylic oxidation sites excluding steroid dienone is 4. The number of alkyl halides is 12. The van der Waals surface area contributed by atoms with Gasteiger partial charge in [-0.25, -0.2) is 0 Å². The van der Waals surface area contributed by atoms with Gasteiger partial charge in [0.15, 0.2) is 11.5 Å². The Labute approximate surface area is 366 Å². The molecule has 0 amide bonds. The average Bonchev–Trinajstić information content (AvgIpc) is 3.18. The first kappa shape index (κ1) is 48.6. The number of nitrogens with one attached hydrogen (secondary N) is 2. The van der Waals surface area contributed by atoms with Crippen LogP contribution in [-0.2, 0) is 34.3 Å². The monoisotopic (exact) mass is 940 g/mol. The van der Waals surface area contributed by atoms with Crippen molar-refractivity contribution in [3.8, 4) is 22.6 Å². The lowest BCUT2D eigenvalue weighted by Gasteiger charge is -2.29. The minimum Gasteiger partial charge on any atom is -0.507 e. The van der Waals surface area contributed by atoms with Gasteiger partial charge < -0.3 is 31.1 Å². The molecule has 0 saturated carbocycles. The molecule has 2 aliphatic rings. The molecule has 0 saturated heterocycles. The number of phenolic OH excluding ortho intramolecular Hbond substituents is 2. The average molecular weight is 941 g/mol. The number of hydrogen-bond acceptors (Lipinski definition) is 8. The number of rotatable bonds is 7. The summed E-state index contributed by atoms with van der Waals surface area (Å²) in [4.78, 5) is 27.8. The molecule has 20 heteroatoms. The fourth-order valence-electron chi connectivity index (χ4n) is 8.02. The van der Waals surface area contributed by atoms with Crippen LogP contribution in [-0.4, -0.2) is 32.0 Å². The maximum Gasteiger partial charge on any atom is 0.416 e. The van der Waals surface area contributed by atoms with E-state index < -0.39 is 127 Å². The zero-order valence-electron chi connectivity index (χ0n) is 35.1. The molecule has 0 bridgehead atoms. The Morgan fingerprint density at radius 3 is 0.970 bits per heavy atom. The van der Waals surface area contributed by atoms with Crippen LogP contribution in [0.15, 0.2) is 72.4 Å². The number of ketones is 2. The third-order valence-corrected chi connectivity index (χ3v) is 10.9. The molecular weight excluding hydrogens is 904 g/mol. The number of carbonyl (C=O) groups excluding carboxylic acids is 2. The molecule has 0 aromatic heterocycles. The Balaban J connectivity index is 1.62. The molecule has 350 valence electrons. The molecule has 0 atom stereocenters. The number of aliphatic hydroxyl groups excluding tert-OH is 2. The molecule has 0 spiro atoms. The molecular formula is C46H36F12N2O6. The maximum absolute atomic E-state index is 13.9. The first-order valence-electron chi connectivity index (χ1n) is 19.5. The molecule has 4 aromatic carbocycles. The number of aryl methyl sites for hydroxylation is 2. The Hall–Kier alpha value is -6.86. The summed E-state index contributed by atoms with van der Waals surface area (Å²) < 4.78 is 164. The molecule has 8 nitrogen and oxygen atoms in total. The van der Waals surface area contributed by atoms with Crippen LogP contribution in [0.1, 0.15) is 83.3 Å². The SMILES string of the molecule is Cc1cc2c(c(O)c1-c1c(C)cc3c(c1O)/C(=C\Nc1cc(C(F)(F)F)cc(C(F)(F)F)c1)C(=O)C(O)=C3C(C)C)/C(=C/Nc1cc(C(F)(F)F)cc(C(F)(F)F)c1)C(=O)C(O)=C2C(C)C. The van der Waals surface area contributed by atoms with Crippen LogP contribution in [0.5, 0.6) is 11.5 Å². The van der Waals surface area contributed by atoms with E-state index in [4.69, 9.17) is 0 Å². The van der Waals surface area contributed by atoms with Gasteiger partial charge in [0.05, 0.1) is 33.4 Å². The van der Waals surface area contributed by atoms with Crippen molar-refractivity contribution in [1.82, 2.24) is 0 Å². The van der Waals surface area contributed by atoms with E-state index in [1.807, 2.05) is 0 Å². The zero-order chi connectivity index (χ0) is 49.5. The van der Waals surface area contributed by atoms with Crippen molar-refractivity contribution in [3.63, 3.8) is 0 Å². The van der Waals surface area contributed by atoms with Gasteiger partial charge >= 0.3 is 24.7 Å². The summed E-state index contributed by atoms with van der Waals surface area (Å²) in [5.41, 5.74) is -11.0. The van der Waals surface area contributed by atoms with Crippen LogP contribution in [0.4, 0.5) is 64.1 Å². The van der Waals surface area contributed by atoms with Crippen molar-refractivity contribution in [2.45, 2.75) is 66.2 Å². The Morgan fingerprint density at radius 2 is 0.727 bits per heavy atom. The first-order valence-corrected chi connectivity index (χ1v) is 19.5. The summed E-state index contributed by atoms with van der Waals surface area (Å²) in [6.45, 7) is 9.09. The number of Topliss-reactive ketones (excluding diaryl/α,β-unsaturated/α-hetero) is 2. The number of aliphatic hydroxyl groups is 2. The third kappa shape index (κ3) is 8.79. The van der Waals surface area contributed by atoms with Gasteiger partial charge in [-0.05, 0) is 84.3 Å². The number of fused-ring (bicyclic) bond motifs is 2. The predicted octanol–water partition coefficient (Wildman–Crippen LogP) is 13.4. The molecule has 66 heavy (non-hydrogen) atoms. The quantitative estimate of drug-likeness (QED) is 0.0795. The Morgan fingerprint density at radius 1 is 0.455 bits per heavy atom. The van der Waals surface area contributed by atoms with Crippen molar-refractivity contribution in [2.75, 3.05) is 10.6 Å². The van der Waals surface area contributed by atoms with Crippen molar-refractivity contribution < 1.29 is 82.7 Å². The van der Waals surface area contributed by atoms with E-state index in [-0.39, 0.29) is 56.7 Å². The number of hydrogen-bond donors (Lipinski definition) is 6. The van der Waals surface area contributed by atoms with Crippen LogP contribution in [0.25, 0.3) is 33.4 Å². The highest BCUT2D eigenvalue weighted by atomic mass is 19.4. The summed E-state index contributed by atoms with van der Waals surface area (Å²) in [5, 5.41) is 51.3. The number of aromatic hydroxyl groups is 2. The number of carbonyl (C=O) groups is 2. The van der Waals surface area contributed by atoms with Gasteiger partial charge in [0.1, 0.15) is 11.5 Å². The third-order valence-electron chi connectivity index (χ3n) is 10.9. The summed E-state index contributed by atoms with van der Waals surface area (Å²) in [6, 6.07) is 3.77. The number of phenols is 2. The summed E-state index contributed by atoms with van der Waals surface area (Å²) >= 11 is 0. The molecule has 0 fully saturated rings. The Bertz CT molecular complexity index is 2600. The van der Waals surface area contributed by atoms with E-state index in [1.54, 1.807) is 27.7 Å². The predicted molar refractivity (Wildman–Crippen MR) is 220 cm³/mol. The standard InChI is InChI=1S/C46H36F12N2O6/c1-17(2)31-27-7-19(5)33(39(63)35(27)29(37(61)41(31)65)15-59-25-11-21(43(47,48)49)9-22(12-25)44(50,51)52)34-20(6)8-28-32(18(3)4)42(66)38(62)30(36(28)40(34)64)16-60-26-13-23(45(53,54)55)10-24(14-26)46(56,57)58/h7-18,59-60,63-66H,1-6H3/b29-15-,30-16+. The zero-order valence-corrected chi connectivity index (χ0v) is 35.1. The normalized spacial score (nSPS) is 16.2. The largest absolute Gasteiger partial charge is 0.507 e. The highest BCUT2D eigenvalue weighted by molar-refractivity contribution is 6.35. The van der Waals surface area contributed by atoms with E-state index in [0.717, 1.165) is 0 Å². The molecule has 2 aliphatic carbocycles. The van der Waals surface area contributed by atoms with Gasteiger partial charge in [0.2, 0.25) is 11.6 Å². The van der Waals surface area contributed by atoms with Gasteiger partial charge in [0, 0.05) is 57.2 Å². The van der Waals surface area contributed by atoms with Crippen LogP contribution in [0, 0.1) is 25.7 Å². The molecule has 6 N–H and O–H groups in total. The second kappa shape index (κ2) is 16.5. The summed E-state index contributed by atoms with van der Waals surface area (Å²) in [6.07, 6.45) is -19.7. The first-order chi connectivity index (χ1) is 30.2. The van der Waals surface area contributed by atoms with Crippen molar-refractivity contribution >= 4 is 45.2 Å². The van der Waals surface area contributed by atoms with E-state index in [9.17, 15) is 82.7 Å². The smallest absolute Gasteiger partial charge is 0.416 e. The molecule has 0 heterocycles. The second-order valence-corrected chi connectivity index (χ2v) is 16.2. The lowest BCUT2D eigenvalue weighted by molar-refractivity contribution is -0.144. The molecule has 4 aromatic rings. The molecule has 0 aliphatic heterocycles. The van der Waals surface area contributed by atoms with Gasteiger partial charge in [-0.2, -0.15) is 52.7 Å².